The molecule has 4 aromatic rings. The Bertz CT molecular complexity index is 1380. The highest BCUT2D eigenvalue weighted by molar-refractivity contribution is 7.90. The van der Waals surface area contributed by atoms with E-state index in [1.54, 1.807) is 47.4 Å². The topological polar surface area (TPSA) is 96.2 Å². The van der Waals surface area contributed by atoms with E-state index in [1.165, 1.54) is 14.2 Å². The summed E-state index contributed by atoms with van der Waals surface area (Å²) in [4.78, 5) is 11.4. The molecule has 8 nitrogen and oxygen atoms in total. The Morgan fingerprint density at radius 3 is 2.17 bits per heavy atom. The first kappa shape index (κ1) is 26.7. The van der Waals surface area contributed by atoms with Gasteiger partial charge in [0.1, 0.15) is 5.69 Å². The van der Waals surface area contributed by atoms with Crippen LogP contribution in [0.4, 0.5) is 8.78 Å². The number of rotatable bonds is 7. The van der Waals surface area contributed by atoms with Crippen LogP contribution in [-0.4, -0.2) is 48.4 Å². The summed E-state index contributed by atoms with van der Waals surface area (Å²) in [6, 6.07) is 15.6. The van der Waals surface area contributed by atoms with E-state index in [0.717, 1.165) is 17.9 Å². The van der Waals surface area contributed by atoms with Crippen LogP contribution in [0.25, 0.3) is 11.4 Å². The second kappa shape index (κ2) is 11.3. The van der Waals surface area contributed by atoms with E-state index in [-0.39, 0.29) is 5.69 Å². The van der Waals surface area contributed by atoms with Crippen molar-refractivity contribution >= 4 is 9.84 Å². The highest BCUT2D eigenvalue weighted by atomic mass is 32.2. The third-order valence-electron chi connectivity index (χ3n) is 4.95. The van der Waals surface area contributed by atoms with Crippen LogP contribution in [-0.2, 0) is 22.3 Å². The molecule has 1 aromatic carbocycles. The second-order valence-corrected chi connectivity index (χ2v) is 9.73. The summed E-state index contributed by atoms with van der Waals surface area (Å²) >= 11 is 0. The number of benzene rings is 1. The minimum absolute atomic E-state index is 0.0902. The molecule has 0 amide bonds. The summed E-state index contributed by atoms with van der Waals surface area (Å²) in [5.41, 5.74) is 0.769. The summed E-state index contributed by atoms with van der Waals surface area (Å²) < 4.78 is 64.1. The largest absolute Gasteiger partial charge is 0.493 e. The van der Waals surface area contributed by atoms with Gasteiger partial charge in [-0.15, -0.1) is 0 Å². The van der Waals surface area contributed by atoms with Crippen LogP contribution < -0.4 is 9.47 Å². The number of alkyl halides is 2. The molecule has 0 saturated heterocycles. The molecular weight excluding hydrogens is 490 g/mol. The number of hydrogen-bond donors (Lipinski definition) is 0. The second-order valence-electron chi connectivity index (χ2n) is 7.82. The minimum atomic E-state index is -3.88. The maximum absolute atomic E-state index is 13.9. The predicted octanol–water partition coefficient (Wildman–Crippen LogP) is 4.61. The molecule has 4 rings (SSSR count). The maximum Gasteiger partial charge on any atom is 0.287 e. The molecule has 0 aliphatic rings. The van der Waals surface area contributed by atoms with Crippen molar-refractivity contribution in [2.75, 3.05) is 20.5 Å². The van der Waals surface area contributed by atoms with Crippen molar-refractivity contribution in [2.24, 2.45) is 0 Å². The number of pyridine rings is 1. The lowest BCUT2D eigenvalue weighted by Gasteiger charge is -2.15. The first-order chi connectivity index (χ1) is 17.0. The lowest BCUT2D eigenvalue weighted by molar-refractivity contribution is 0.0120. The number of ether oxygens (including phenoxy) is 2. The molecule has 0 saturated carbocycles. The average Bonchev–Trinajstić information content (AvgIpc) is 3.32. The van der Waals surface area contributed by atoms with Crippen LogP contribution in [0.15, 0.2) is 78.3 Å². The molecule has 0 unspecified atom stereocenters. The smallest absolute Gasteiger partial charge is 0.287 e. The molecule has 36 heavy (non-hydrogen) atoms. The summed E-state index contributed by atoms with van der Waals surface area (Å²) in [7, 11) is -0.813. The molecule has 0 bridgehead atoms. The number of hydrogen-bond acceptors (Lipinski definition) is 7. The van der Waals surface area contributed by atoms with E-state index >= 15 is 0 Å². The fourth-order valence-electron chi connectivity index (χ4n) is 3.22. The average molecular weight is 517 g/mol. The molecule has 0 fully saturated rings. The first-order valence-electron chi connectivity index (χ1n) is 10.7. The molecule has 11 heteroatoms. The summed E-state index contributed by atoms with van der Waals surface area (Å²) in [6.07, 6.45) is 6.13. The number of aromatic nitrogens is 4. The van der Waals surface area contributed by atoms with Gasteiger partial charge in [0.15, 0.2) is 11.5 Å². The van der Waals surface area contributed by atoms with E-state index in [4.69, 9.17) is 9.47 Å². The summed E-state index contributed by atoms with van der Waals surface area (Å²) in [5.74, 6) is -2.19. The van der Waals surface area contributed by atoms with Gasteiger partial charge in [0.2, 0.25) is 15.0 Å². The van der Waals surface area contributed by atoms with Crippen molar-refractivity contribution in [3.05, 3.63) is 84.4 Å². The van der Waals surface area contributed by atoms with Gasteiger partial charge in [-0.3, -0.25) is 4.98 Å². The lowest BCUT2D eigenvalue weighted by atomic mass is 10.1. The van der Waals surface area contributed by atoms with Gasteiger partial charge in [-0.25, -0.2) is 18.4 Å². The van der Waals surface area contributed by atoms with Crippen LogP contribution in [0.1, 0.15) is 18.2 Å². The van der Waals surface area contributed by atoms with E-state index in [1.807, 2.05) is 24.3 Å². The predicted molar refractivity (Wildman–Crippen MR) is 131 cm³/mol. The van der Waals surface area contributed by atoms with Crippen molar-refractivity contribution in [3.8, 4) is 22.9 Å². The minimum Gasteiger partial charge on any atom is -0.493 e. The highest BCUT2D eigenvalue weighted by Gasteiger charge is 2.30. The quantitative estimate of drug-likeness (QED) is 0.331. The zero-order chi connectivity index (χ0) is 26.3. The van der Waals surface area contributed by atoms with Crippen molar-refractivity contribution in [1.82, 2.24) is 19.5 Å². The monoisotopic (exact) mass is 516 g/mol. The van der Waals surface area contributed by atoms with Gasteiger partial charge in [-0.05, 0) is 48.0 Å². The van der Waals surface area contributed by atoms with E-state index in [9.17, 15) is 17.2 Å². The number of nitrogens with zero attached hydrogens (tertiary/aromatic N) is 4. The third-order valence-corrected chi connectivity index (χ3v) is 5.79. The Labute approximate surface area is 208 Å². The van der Waals surface area contributed by atoms with Gasteiger partial charge < -0.3 is 14.0 Å². The van der Waals surface area contributed by atoms with E-state index in [2.05, 4.69) is 15.0 Å². The molecule has 0 spiro atoms. The molecular formula is C25H26F2N4O4S. The number of sulfone groups is 1. The van der Waals surface area contributed by atoms with Crippen LogP contribution in [0.3, 0.4) is 0 Å². The molecule has 0 atom stereocenters. The molecule has 0 radical (unpaired) electrons. The van der Waals surface area contributed by atoms with Crippen LogP contribution >= 0.6 is 0 Å². The molecule has 0 aliphatic heterocycles. The van der Waals surface area contributed by atoms with Crippen LogP contribution in [0.5, 0.6) is 11.5 Å². The van der Waals surface area contributed by atoms with Crippen molar-refractivity contribution in [3.63, 3.8) is 0 Å². The zero-order valence-electron chi connectivity index (χ0n) is 20.2. The zero-order valence-corrected chi connectivity index (χ0v) is 21.0. The normalized spacial score (nSPS) is 11.4. The van der Waals surface area contributed by atoms with Gasteiger partial charge >= 0.3 is 0 Å². The Hall–Kier alpha value is -3.86. The standard InChI is InChI=1S/C20H21F2N3O4S.C5H5N/c1-20(21,22)18-11-14(23-19(24-18)30(4,26)27)15-6-5-9-25(15)12-13-7-8-16(28-2)17(10-13)29-3;1-2-4-6-5-3-1/h5-11H,12H2,1-4H3;1-5H. The number of methoxy groups -OCH3 is 2. The van der Waals surface area contributed by atoms with Crippen molar-refractivity contribution in [1.29, 1.82) is 0 Å². The van der Waals surface area contributed by atoms with E-state index in [0.29, 0.717) is 30.7 Å². The van der Waals surface area contributed by atoms with Gasteiger partial charge in [0.05, 0.1) is 25.6 Å². The summed E-state index contributed by atoms with van der Waals surface area (Å²) in [6.45, 7) is 1.03. The lowest BCUT2D eigenvalue weighted by Crippen LogP contribution is -2.15. The fraction of sp³-hybridized carbons (Fsp3) is 0.240. The molecule has 3 heterocycles. The fourth-order valence-corrected chi connectivity index (χ4v) is 3.75. The Balaban J connectivity index is 0.000000526. The van der Waals surface area contributed by atoms with Gasteiger partial charge in [0.25, 0.3) is 5.92 Å². The van der Waals surface area contributed by atoms with Crippen LogP contribution in [0, 0.1) is 0 Å². The van der Waals surface area contributed by atoms with Gasteiger partial charge in [-0.1, -0.05) is 12.1 Å². The third kappa shape index (κ3) is 6.85. The Morgan fingerprint density at radius 1 is 0.944 bits per heavy atom. The van der Waals surface area contributed by atoms with Gasteiger partial charge in [0, 0.05) is 38.3 Å². The molecule has 190 valence electrons. The van der Waals surface area contributed by atoms with Crippen molar-refractivity contribution in [2.45, 2.75) is 24.5 Å². The molecule has 0 aliphatic carbocycles. The Kier molecular flexibility index (Phi) is 8.36. The van der Waals surface area contributed by atoms with Gasteiger partial charge in [-0.2, -0.15) is 8.78 Å². The highest BCUT2D eigenvalue weighted by Crippen LogP contribution is 2.31. The van der Waals surface area contributed by atoms with Crippen molar-refractivity contribution < 1.29 is 26.7 Å². The first-order valence-corrected chi connectivity index (χ1v) is 12.6. The summed E-state index contributed by atoms with van der Waals surface area (Å²) in [5, 5.41) is -0.643. The SMILES string of the molecule is COc1ccc(Cn2cccc2-c2cc(C(C)(F)F)nc(S(C)(=O)=O)n2)cc1OC.c1ccncc1. The molecule has 0 N–H and O–H groups in total. The Morgan fingerprint density at radius 2 is 1.64 bits per heavy atom. The van der Waals surface area contributed by atoms with Crippen LogP contribution in [0.2, 0.25) is 0 Å². The number of halogens is 2. The molecule has 3 aromatic heterocycles. The van der Waals surface area contributed by atoms with E-state index < -0.39 is 26.6 Å². The maximum atomic E-state index is 13.9.